The topological polar surface area (TPSA) is 185 Å². The molecule has 13 nitrogen and oxygen atoms in total. The first-order valence-corrected chi connectivity index (χ1v) is 18.9. The van der Waals surface area contributed by atoms with Crippen LogP contribution in [0, 0.1) is 29.6 Å². The van der Waals surface area contributed by atoms with Crippen molar-refractivity contribution in [3.8, 4) is 0 Å². The number of hydrogen-bond acceptors (Lipinski definition) is 13. The zero-order chi connectivity index (χ0) is 39.0. The second-order valence-corrected chi connectivity index (χ2v) is 16.8. The molecule has 3 fully saturated rings. The van der Waals surface area contributed by atoms with Gasteiger partial charge in [0.15, 0.2) is 6.29 Å². The van der Waals surface area contributed by atoms with Crippen molar-refractivity contribution in [2.45, 2.75) is 179 Å². The summed E-state index contributed by atoms with van der Waals surface area (Å²) in [6, 6.07) is -0.285. The second-order valence-electron chi connectivity index (χ2n) is 16.8. The lowest BCUT2D eigenvalue weighted by molar-refractivity contribution is -0.288. The van der Waals surface area contributed by atoms with Crippen molar-refractivity contribution in [1.82, 2.24) is 4.90 Å². The average molecular weight is 732 g/mol. The number of aliphatic hydroxyl groups excluding tert-OH is 3. The Morgan fingerprint density at radius 1 is 0.902 bits per heavy atom. The van der Waals surface area contributed by atoms with E-state index >= 15 is 0 Å². The Morgan fingerprint density at radius 2 is 1.51 bits per heavy atom. The standard InChI is InChI=1S/C38H69NO12/c1-14-28-37(10,45)33(42)21(4)30(40)19(2)16-38(46,17-27-31(41)26(39(11)12)15-20(3)48-27)34(43)22(5)32(23(6)35(44)50-28)51-29-18-36(9,47-13)24(7)25(8)49-29/h19-29,31-34,41-43,45-46H,14-18H2,1-13H3. The molecule has 18 unspecified atom stereocenters. The predicted molar refractivity (Wildman–Crippen MR) is 189 cm³/mol. The Hall–Kier alpha value is -1.26. The molecule has 0 saturated carbocycles. The van der Waals surface area contributed by atoms with Crippen LogP contribution < -0.4 is 0 Å². The van der Waals surface area contributed by atoms with Crippen LogP contribution in [0.5, 0.6) is 0 Å². The van der Waals surface area contributed by atoms with Crippen LogP contribution in [-0.2, 0) is 33.3 Å². The second kappa shape index (κ2) is 17.0. The first-order chi connectivity index (χ1) is 23.4. The molecule has 3 saturated heterocycles. The van der Waals surface area contributed by atoms with Crippen LogP contribution >= 0.6 is 0 Å². The van der Waals surface area contributed by atoms with Gasteiger partial charge in [-0.1, -0.05) is 34.6 Å². The van der Waals surface area contributed by atoms with Gasteiger partial charge in [0.2, 0.25) is 0 Å². The number of methoxy groups -OCH3 is 1. The molecule has 0 radical (unpaired) electrons. The number of ether oxygens (including phenoxy) is 5. The normalized spacial score (nSPS) is 49.7. The van der Waals surface area contributed by atoms with Crippen LogP contribution in [0.1, 0.15) is 101 Å². The van der Waals surface area contributed by atoms with Crippen LogP contribution in [0.2, 0.25) is 0 Å². The molecule has 18 atom stereocenters. The van der Waals surface area contributed by atoms with Crippen molar-refractivity contribution < 1.29 is 58.8 Å². The lowest BCUT2D eigenvalue weighted by Gasteiger charge is -2.49. The molecular weight excluding hydrogens is 662 g/mol. The van der Waals surface area contributed by atoms with Gasteiger partial charge in [-0.15, -0.1) is 0 Å². The summed E-state index contributed by atoms with van der Waals surface area (Å²) < 4.78 is 30.9. The molecule has 298 valence electrons. The maximum Gasteiger partial charge on any atom is 0.311 e. The molecule has 3 aliphatic rings. The molecule has 0 bridgehead atoms. The van der Waals surface area contributed by atoms with E-state index in [-0.39, 0.29) is 43.4 Å². The molecule has 0 aromatic heterocycles. The first-order valence-electron chi connectivity index (χ1n) is 18.9. The summed E-state index contributed by atoms with van der Waals surface area (Å²) >= 11 is 0. The Labute approximate surface area is 305 Å². The van der Waals surface area contributed by atoms with E-state index in [4.69, 9.17) is 23.7 Å². The molecule has 5 N–H and O–H groups in total. The van der Waals surface area contributed by atoms with Crippen LogP contribution in [0.3, 0.4) is 0 Å². The number of nitrogens with zero attached hydrogens (tertiary/aromatic N) is 1. The third kappa shape index (κ3) is 9.35. The van der Waals surface area contributed by atoms with Crippen molar-refractivity contribution in [1.29, 1.82) is 0 Å². The molecule has 3 aliphatic heterocycles. The fourth-order valence-electron chi connectivity index (χ4n) is 8.76. The summed E-state index contributed by atoms with van der Waals surface area (Å²) in [6.45, 7) is 17.2. The third-order valence-corrected chi connectivity index (χ3v) is 12.7. The monoisotopic (exact) mass is 731 g/mol. The van der Waals surface area contributed by atoms with E-state index in [1.807, 2.05) is 46.7 Å². The minimum atomic E-state index is -2.04. The molecule has 0 spiro atoms. The molecule has 0 aromatic rings. The fraction of sp³-hybridized carbons (Fsp3) is 0.947. The maximum absolute atomic E-state index is 14.0. The first kappa shape index (κ1) is 44.1. The van der Waals surface area contributed by atoms with Gasteiger partial charge >= 0.3 is 5.97 Å². The highest BCUT2D eigenvalue weighted by Gasteiger charge is 2.53. The highest BCUT2D eigenvalue weighted by atomic mass is 16.7. The smallest absolute Gasteiger partial charge is 0.311 e. The van der Waals surface area contributed by atoms with E-state index in [2.05, 4.69) is 0 Å². The summed E-state index contributed by atoms with van der Waals surface area (Å²) in [4.78, 5) is 29.8. The van der Waals surface area contributed by atoms with E-state index < -0.39 is 95.1 Å². The summed E-state index contributed by atoms with van der Waals surface area (Å²) in [7, 11) is 5.33. The van der Waals surface area contributed by atoms with Crippen molar-refractivity contribution in [2.24, 2.45) is 29.6 Å². The number of ketones is 1. The van der Waals surface area contributed by atoms with Crippen molar-refractivity contribution in [3.63, 3.8) is 0 Å². The minimum Gasteiger partial charge on any atom is -0.459 e. The number of hydrogen-bond donors (Lipinski definition) is 5. The summed E-state index contributed by atoms with van der Waals surface area (Å²) in [5, 5.41) is 59.4. The number of esters is 1. The number of Topliss-reactive ketones (excluding diaryl/α,β-unsaturated/α-hetero) is 1. The molecule has 0 amide bonds. The van der Waals surface area contributed by atoms with Crippen LogP contribution in [0.15, 0.2) is 0 Å². The Bertz CT molecular complexity index is 1170. The molecule has 51 heavy (non-hydrogen) atoms. The van der Waals surface area contributed by atoms with E-state index in [0.717, 1.165) is 0 Å². The Balaban J connectivity index is 2.15. The Kier molecular flexibility index (Phi) is 14.7. The lowest BCUT2D eigenvalue weighted by atomic mass is 9.71. The van der Waals surface area contributed by atoms with Gasteiger partial charge in [0.1, 0.15) is 17.5 Å². The quantitative estimate of drug-likeness (QED) is 0.241. The summed E-state index contributed by atoms with van der Waals surface area (Å²) in [6.07, 6.45) is -8.30. The zero-order valence-electron chi connectivity index (χ0n) is 33.2. The number of aliphatic hydroxyl groups is 5. The molecule has 3 rings (SSSR count). The molecule has 0 aliphatic carbocycles. The van der Waals surface area contributed by atoms with Gasteiger partial charge in [-0.3, -0.25) is 9.59 Å². The van der Waals surface area contributed by atoms with E-state index in [1.54, 1.807) is 34.8 Å². The van der Waals surface area contributed by atoms with E-state index in [0.29, 0.717) is 12.8 Å². The predicted octanol–water partition coefficient (Wildman–Crippen LogP) is 2.45. The number of rotatable bonds is 7. The number of carbonyl (C=O) groups is 2. The van der Waals surface area contributed by atoms with Gasteiger partial charge in [0.25, 0.3) is 0 Å². The fourth-order valence-corrected chi connectivity index (χ4v) is 8.76. The third-order valence-electron chi connectivity index (χ3n) is 12.7. The van der Waals surface area contributed by atoms with Crippen LogP contribution in [0.4, 0.5) is 0 Å². The Morgan fingerprint density at radius 3 is 2.06 bits per heavy atom. The SMILES string of the molecule is CCC1OC(=O)C(C)C(OC2CC(C)(OC)C(C)C(C)O2)C(C)C(O)C(O)(CC2OC(C)CC(N(C)C)C2O)CC(C)C(=O)C(C)C(O)C1(C)O. The van der Waals surface area contributed by atoms with Gasteiger partial charge in [-0.05, 0) is 68.0 Å². The summed E-state index contributed by atoms with van der Waals surface area (Å²) in [5.41, 5.74) is -4.67. The van der Waals surface area contributed by atoms with E-state index in [1.165, 1.54) is 13.8 Å². The largest absolute Gasteiger partial charge is 0.459 e. The van der Waals surface area contributed by atoms with Gasteiger partial charge in [-0.25, -0.2) is 0 Å². The van der Waals surface area contributed by atoms with Gasteiger partial charge < -0.3 is 54.1 Å². The molecule has 3 heterocycles. The summed E-state index contributed by atoms with van der Waals surface area (Å²) in [5.74, 6) is -5.24. The highest BCUT2D eigenvalue weighted by Crippen LogP contribution is 2.42. The zero-order valence-corrected chi connectivity index (χ0v) is 33.2. The van der Waals surface area contributed by atoms with Crippen molar-refractivity contribution in [2.75, 3.05) is 21.2 Å². The highest BCUT2D eigenvalue weighted by molar-refractivity contribution is 5.83. The average Bonchev–Trinajstić information content (AvgIpc) is 3.06. The number of cyclic esters (lactones) is 1. The van der Waals surface area contributed by atoms with Crippen LogP contribution in [0.25, 0.3) is 0 Å². The van der Waals surface area contributed by atoms with Crippen LogP contribution in [-0.4, -0.2) is 141 Å². The number of likely N-dealkylation sites (N-methyl/N-ethyl adjacent to an activating group) is 1. The maximum atomic E-state index is 14.0. The molecule has 13 heteroatoms. The number of carbonyl (C=O) groups excluding carboxylic acids is 2. The molecular formula is C38H69NO12. The van der Waals surface area contributed by atoms with Gasteiger partial charge in [0.05, 0.1) is 59.8 Å². The van der Waals surface area contributed by atoms with E-state index in [9.17, 15) is 35.1 Å². The van der Waals surface area contributed by atoms with Crippen molar-refractivity contribution in [3.05, 3.63) is 0 Å². The molecule has 0 aromatic carbocycles. The minimum absolute atomic E-state index is 0.0116. The lowest BCUT2D eigenvalue weighted by Crippen LogP contribution is -2.60. The van der Waals surface area contributed by atoms with Gasteiger partial charge in [-0.2, -0.15) is 0 Å². The van der Waals surface area contributed by atoms with Gasteiger partial charge in [0, 0.05) is 49.7 Å². The van der Waals surface area contributed by atoms with Crippen molar-refractivity contribution >= 4 is 11.8 Å².